The number of nitrogens with zero attached hydrogens (tertiary/aromatic N) is 1. The van der Waals surface area contributed by atoms with E-state index >= 15 is 0 Å². The summed E-state index contributed by atoms with van der Waals surface area (Å²) in [6.07, 6.45) is 1.06. The standard InChI is InChI=1S/C12H14N2O4S/c15-11-2-1-9(14(17)18)5-10(11)12(16)13-6-8-3-4-19-7-8/h1-2,5,8,15H,3-4,6-7H2,(H,13,16). The van der Waals surface area contributed by atoms with Crippen molar-refractivity contribution in [1.29, 1.82) is 0 Å². The van der Waals surface area contributed by atoms with E-state index in [1.165, 1.54) is 12.1 Å². The summed E-state index contributed by atoms with van der Waals surface area (Å²) in [6.45, 7) is 0.536. The highest BCUT2D eigenvalue weighted by Gasteiger charge is 2.19. The largest absolute Gasteiger partial charge is 0.507 e. The Hall–Kier alpha value is -1.76. The van der Waals surface area contributed by atoms with E-state index in [-0.39, 0.29) is 17.0 Å². The number of hydrogen-bond acceptors (Lipinski definition) is 5. The molecule has 1 amide bonds. The first-order valence-corrected chi connectivity index (χ1v) is 7.06. The molecule has 0 aliphatic carbocycles. The van der Waals surface area contributed by atoms with Gasteiger partial charge in [-0.25, -0.2) is 0 Å². The third-order valence-electron chi connectivity index (χ3n) is 3.01. The number of nitro groups is 1. The highest BCUT2D eigenvalue weighted by atomic mass is 32.2. The van der Waals surface area contributed by atoms with Crippen molar-refractivity contribution in [3.63, 3.8) is 0 Å². The molecule has 1 saturated heterocycles. The summed E-state index contributed by atoms with van der Waals surface area (Å²) in [5.41, 5.74) is -0.265. The predicted molar refractivity (Wildman–Crippen MR) is 72.5 cm³/mol. The lowest BCUT2D eigenvalue weighted by Gasteiger charge is -2.10. The number of nitrogens with one attached hydrogen (secondary N) is 1. The lowest BCUT2D eigenvalue weighted by molar-refractivity contribution is -0.384. The highest BCUT2D eigenvalue weighted by Crippen LogP contribution is 2.24. The van der Waals surface area contributed by atoms with Crippen LogP contribution in [0.25, 0.3) is 0 Å². The van der Waals surface area contributed by atoms with E-state index in [0.717, 1.165) is 24.0 Å². The van der Waals surface area contributed by atoms with Crippen molar-refractivity contribution < 1.29 is 14.8 Å². The fourth-order valence-electron chi connectivity index (χ4n) is 1.90. The Morgan fingerprint density at radius 2 is 2.37 bits per heavy atom. The van der Waals surface area contributed by atoms with Gasteiger partial charge in [0.25, 0.3) is 11.6 Å². The normalized spacial score (nSPS) is 18.2. The third-order valence-corrected chi connectivity index (χ3v) is 4.24. The van der Waals surface area contributed by atoms with Crippen LogP contribution in [0.1, 0.15) is 16.8 Å². The molecule has 0 bridgehead atoms. The summed E-state index contributed by atoms with van der Waals surface area (Å²) < 4.78 is 0. The number of carbonyl (C=O) groups excluding carboxylic acids is 1. The SMILES string of the molecule is O=C(NCC1CCSC1)c1cc([N+](=O)[O-])ccc1O. The van der Waals surface area contributed by atoms with Crippen LogP contribution in [-0.4, -0.2) is 34.0 Å². The Balaban J connectivity index is 2.04. The second kappa shape index (κ2) is 5.92. The molecule has 102 valence electrons. The van der Waals surface area contributed by atoms with Gasteiger partial charge in [-0.15, -0.1) is 0 Å². The minimum Gasteiger partial charge on any atom is -0.507 e. The van der Waals surface area contributed by atoms with Gasteiger partial charge in [-0.3, -0.25) is 14.9 Å². The first kappa shape index (κ1) is 13.7. The number of phenolic OH excluding ortho intramolecular Hbond substituents is 1. The van der Waals surface area contributed by atoms with Gasteiger partial charge in [0.1, 0.15) is 5.75 Å². The molecule has 0 saturated carbocycles. The van der Waals surface area contributed by atoms with Crippen molar-refractivity contribution in [1.82, 2.24) is 5.32 Å². The van der Waals surface area contributed by atoms with E-state index in [1.54, 1.807) is 0 Å². The Labute approximate surface area is 114 Å². The van der Waals surface area contributed by atoms with E-state index in [2.05, 4.69) is 5.32 Å². The van der Waals surface area contributed by atoms with Crippen molar-refractivity contribution in [3.05, 3.63) is 33.9 Å². The number of rotatable bonds is 4. The van der Waals surface area contributed by atoms with Gasteiger partial charge in [0.15, 0.2) is 0 Å². The lowest BCUT2D eigenvalue weighted by atomic mass is 10.1. The van der Waals surface area contributed by atoms with E-state index in [4.69, 9.17) is 0 Å². The average Bonchev–Trinajstić information content (AvgIpc) is 2.89. The number of carbonyl (C=O) groups is 1. The summed E-state index contributed by atoms with van der Waals surface area (Å²) in [5.74, 6) is 1.83. The van der Waals surface area contributed by atoms with Crippen LogP contribution in [0.2, 0.25) is 0 Å². The number of non-ortho nitro benzene ring substituents is 1. The summed E-state index contributed by atoms with van der Waals surface area (Å²) in [7, 11) is 0. The van der Waals surface area contributed by atoms with Crippen LogP contribution in [0, 0.1) is 16.0 Å². The van der Waals surface area contributed by atoms with Gasteiger partial charge in [0, 0.05) is 18.7 Å². The van der Waals surface area contributed by atoms with Crippen molar-refractivity contribution in [2.24, 2.45) is 5.92 Å². The molecule has 2 N–H and O–H groups in total. The predicted octanol–water partition coefficient (Wildman–Crippen LogP) is 1.78. The van der Waals surface area contributed by atoms with Crippen LogP contribution in [0.4, 0.5) is 5.69 Å². The van der Waals surface area contributed by atoms with Gasteiger partial charge in [-0.2, -0.15) is 11.8 Å². The number of amides is 1. The molecule has 1 fully saturated rings. The Kier molecular flexibility index (Phi) is 4.26. The second-order valence-corrected chi connectivity index (χ2v) is 5.55. The zero-order valence-electron chi connectivity index (χ0n) is 10.2. The minimum atomic E-state index is -0.593. The average molecular weight is 282 g/mol. The maximum atomic E-state index is 11.9. The Morgan fingerprint density at radius 3 is 3.00 bits per heavy atom. The van der Waals surface area contributed by atoms with Gasteiger partial charge >= 0.3 is 0 Å². The van der Waals surface area contributed by atoms with Gasteiger partial charge in [-0.05, 0) is 29.9 Å². The minimum absolute atomic E-state index is 0.0557. The first-order chi connectivity index (χ1) is 9.08. The number of hydrogen-bond donors (Lipinski definition) is 2. The van der Waals surface area contributed by atoms with Crippen molar-refractivity contribution in [3.8, 4) is 5.75 Å². The summed E-state index contributed by atoms with van der Waals surface area (Å²) in [6, 6.07) is 3.42. The van der Waals surface area contributed by atoms with E-state index in [1.807, 2.05) is 11.8 Å². The Bertz CT molecular complexity index is 501. The summed E-state index contributed by atoms with van der Waals surface area (Å²) >= 11 is 1.85. The van der Waals surface area contributed by atoms with Crippen LogP contribution in [0.3, 0.4) is 0 Å². The smallest absolute Gasteiger partial charge is 0.270 e. The monoisotopic (exact) mass is 282 g/mol. The number of nitro benzene ring substituents is 1. The van der Waals surface area contributed by atoms with E-state index in [9.17, 15) is 20.0 Å². The van der Waals surface area contributed by atoms with Gasteiger partial charge in [0.2, 0.25) is 0 Å². The van der Waals surface area contributed by atoms with Crippen LogP contribution in [0.15, 0.2) is 18.2 Å². The molecule has 0 radical (unpaired) electrons. The molecular weight excluding hydrogens is 268 g/mol. The molecule has 1 heterocycles. The van der Waals surface area contributed by atoms with Crippen molar-refractivity contribution >= 4 is 23.4 Å². The molecule has 1 aliphatic rings. The highest BCUT2D eigenvalue weighted by molar-refractivity contribution is 7.99. The van der Waals surface area contributed by atoms with Crippen LogP contribution >= 0.6 is 11.8 Å². The number of benzene rings is 1. The zero-order valence-corrected chi connectivity index (χ0v) is 11.0. The molecule has 6 nitrogen and oxygen atoms in total. The van der Waals surface area contributed by atoms with E-state index in [0.29, 0.717) is 12.5 Å². The van der Waals surface area contributed by atoms with Crippen molar-refractivity contribution in [2.45, 2.75) is 6.42 Å². The van der Waals surface area contributed by atoms with Gasteiger partial charge < -0.3 is 10.4 Å². The van der Waals surface area contributed by atoms with Gasteiger partial charge in [0.05, 0.1) is 10.5 Å². The van der Waals surface area contributed by atoms with Crippen LogP contribution < -0.4 is 5.32 Å². The summed E-state index contributed by atoms with van der Waals surface area (Å²) in [4.78, 5) is 21.9. The quantitative estimate of drug-likeness (QED) is 0.648. The molecular formula is C12H14N2O4S. The Morgan fingerprint density at radius 1 is 1.58 bits per heavy atom. The molecule has 1 atom stereocenters. The summed E-state index contributed by atoms with van der Waals surface area (Å²) in [5, 5.41) is 22.9. The molecule has 0 spiro atoms. The molecule has 1 unspecified atom stereocenters. The third kappa shape index (κ3) is 3.37. The topological polar surface area (TPSA) is 92.5 Å². The van der Waals surface area contributed by atoms with E-state index < -0.39 is 10.8 Å². The number of aromatic hydroxyl groups is 1. The first-order valence-electron chi connectivity index (χ1n) is 5.91. The number of thioether (sulfide) groups is 1. The lowest BCUT2D eigenvalue weighted by Crippen LogP contribution is -2.29. The molecule has 19 heavy (non-hydrogen) atoms. The second-order valence-electron chi connectivity index (χ2n) is 4.40. The maximum absolute atomic E-state index is 11.9. The maximum Gasteiger partial charge on any atom is 0.270 e. The van der Waals surface area contributed by atoms with Crippen LogP contribution in [0.5, 0.6) is 5.75 Å². The molecule has 1 aliphatic heterocycles. The fourth-order valence-corrected chi connectivity index (χ4v) is 3.18. The number of phenols is 1. The van der Waals surface area contributed by atoms with Gasteiger partial charge in [-0.1, -0.05) is 0 Å². The fraction of sp³-hybridized carbons (Fsp3) is 0.417. The molecule has 0 aromatic heterocycles. The molecule has 2 rings (SSSR count). The molecule has 7 heteroatoms. The molecule has 1 aromatic rings. The van der Waals surface area contributed by atoms with Crippen molar-refractivity contribution in [2.75, 3.05) is 18.1 Å². The van der Waals surface area contributed by atoms with Crippen LogP contribution in [-0.2, 0) is 0 Å². The zero-order chi connectivity index (χ0) is 13.8. The molecule has 1 aromatic carbocycles.